The normalized spacial score (nSPS) is 20.4. The van der Waals surface area contributed by atoms with Crippen molar-refractivity contribution in [3.8, 4) is 5.75 Å². The van der Waals surface area contributed by atoms with Crippen molar-refractivity contribution in [2.24, 2.45) is 0 Å². The Bertz CT molecular complexity index is 919. The molecule has 3 heterocycles. The summed E-state index contributed by atoms with van der Waals surface area (Å²) in [6.45, 7) is 6.37. The molecule has 0 aliphatic carbocycles. The summed E-state index contributed by atoms with van der Waals surface area (Å²) in [5.74, 6) is -0.0426. The Morgan fingerprint density at radius 2 is 1.85 bits per heavy atom. The molecule has 142 valence electrons. The van der Waals surface area contributed by atoms with Gasteiger partial charge in [0.25, 0.3) is 10.0 Å². The van der Waals surface area contributed by atoms with Crippen LogP contribution in [0.5, 0.6) is 5.75 Å². The molecule has 0 atom stereocenters. The van der Waals surface area contributed by atoms with Crippen molar-refractivity contribution in [2.45, 2.75) is 31.4 Å². The van der Waals surface area contributed by atoms with Crippen LogP contribution in [0.15, 0.2) is 34.5 Å². The van der Waals surface area contributed by atoms with Crippen molar-refractivity contribution in [1.29, 1.82) is 0 Å². The monoisotopic (exact) mass is 384 g/mol. The van der Waals surface area contributed by atoms with Crippen molar-refractivity contribution in [3.05, 3.63) is 29.5 Å². The zero-order chi connectivity index (χ0) is 21.6. The van der Waals surface area contributed by atoms with E-state index in [0.717, 1.165) is 17.3 Å². The zero-order valence-corrected chi connectivity index (χ0v) is 15.7. The van der Waals surface area contributed by atoms with Crippen LogP contribution >= 0.6 is 0 Å². The highest BCUT2D eigenvalue weighted by atomic mass is 32.2. The minimum atomic E-state index is -3.86. The van der Waals surface area contributed by atoms with Gasteiger partial charge in [0.05, 0.1) is 17.3 Å². The van der Waals surface area contributed by atoms with Gasteiger partial charge in [-0.15, -0.1) is 0 Å². The van der Waals surface area contributed by atoms with Gasteiger partial charge in [-0.05, 0) is 44.1 Å². The second kappa shape index (κ2) is 6.55. The summed E-state index contributed by atoms with van der Waals surface area (Å²) in [7, 11) is -6.50. The van der Waals surface area contributed by atoms with Crippen molar-refractivity contribution >= 4 is 16.1 Å². The van der Waals surface area contributed by atoms with E-state index in [2.05, 4.69) is 4.98 Å². The molecule has 0 N–H and O–H groups in total. The molecule has 0 radical (unpaired) electrons. The third-order valence-corrected chi connectivity index (χ3v) is 5.79. The Balaban J connectivity index is 1.63. The van der Waals surface area contributed by atoms with Gasteiger partial charge in [0.15, 0.2) is 5.03 Å². The largest absolute Gasteiger partial charge is 0.495 e. The quantitative estimate of drug-likeness (QED) is 0.736. The molecule has 0 bridgehead atoms. The van der Waals surface area contributed by atoms with Gasteiger partial charge in [-0.1, -0.05) is 0 Å². The number of sulfonamides is 1. The minimum Gasteiger partial charge on any atom is -0.495 e. The van der Waals surface area contributed by atoms with E-state index >= 15 is 0 Å². The van der Waals surface area contributed by atoms with E-state index in [1.165, 1.54) is 16.4 Å². The fourth-order valence-corrected chi connectivity index (χ4v) is 4.23. The summed E-state index contributed by atoms with van der Waals surface area (Å²) in [6, 6.07) is 2.47. The molecular weight excluding hydrogens is 358 g/mol. The van der Waals surface area contributed by atoms with Gasteiger partial charge in [0, 0.05) is 26.2 Å². The maximum absolute atomic E-state index is 12.8. The average Bonchev–Trinajstić information content (AvgIpc) is 3.11. The summed E-state index contributed by atoms with van der Waals surface area (Å²) in [5.41, 5.74) is 1.16. The third kappa shape index (κ3) is 3.68. The standard InChI is InChI=1S/C17H23N3O5S/c1-17(2,3)25-16(21)19-8-12-10-20(11-13(12)9-19)26(22,23)15-6-5-14(24-4)7-18-15/h5-7H,8-11H2,1-4H3/i4D3. The number of methoxy groups -OCH3 is 1. The van der Waals surface area contributed by atoms with Gasteiger partial charge in [-0.3, -0.25) is 0 Å². The Kier molecular flexibility index (Phi) is 3.77. The van der Waals surface area contributed by atoms with Crippen LogP contribution in [-0.2, 0) is 14.8 Å². The first-order valence-electron chi connectivity index (χ1n) is 9.57. The smallest absolute Gasteiger partial charge is 0.410 e. The van der Waals surface area contributed by atoms with E-state index in [9.17, 15) is 13.2 Å². The summed E-state index contributed by atoms with van der Waals surface area (Å²) in [4.78, 5) is 17.6. The van der Waals surface area contributed by atoms with Crippen LogP contribution in [0.3, 0.4) is 0 Å². The van der Waals surface area contributed by atoms with E-state index in [0.29, 0.717) is 13.1 Å². The lowest BCUT2D eigenvalue weighted by Crippen LogP contribution is -2.39. The SMILES string of the molecule is [2H]C([2H])([2H])Oc1ccc(S(=O)(=O)N2CC3=C(CN(C(=O)OC(C)(C)C)C3)C2)nc1. The van der Waals surface area contributed by atoms with Crippen LogP contribution in [-0.4, -0.2) is 67.5 Å². The molecule has 8 nitrogen and oxygen atoms in total. The van der Waals surface area contributed by atoms with Crippen LogP contribution in [0.2, 0.25) is 0 Å². The molecule has 0 saturated heterocycles. The predicted octanol–water partition coefficient (Wildman–Crippen LogP) is 1.64. The molecular formula is C17H23N3O5S. The van der Waals surface area contributed by atoms with Crippen LogP contribution < -0.4 is 4.74 Å². The van der Waals surface area contributed by atoms with Crippen LogP contribution in [0.4, 0.5) is 4.79 Å². The topological polar surface area (TPSA) is 89.0 Å². The van der Waals surface area contributed by atoms with Crippen molar-refractivity contribution in [2.75, 3.05) is 33.2 Å². The van der Waals surface area contributed by atoms with Gasteiger partial charge in [-0.25, -0.2) is 18.2 Å². The fourth-order valence-electron chi connectivity index (χ4n) is 2.88. The number of amides is 1. The lowest BCUT2D eigenvalue weighted by atomic mass is 10.2. The first-order chi connectivity index (χ1) is 13.2. The highest BCUT2D eigenvalue weighted by Gasteiger charge is 2.39. The van der Waals surface area contributed by atoms with Crippen LogP contribution in [0.25, 0.3) is 0 Å². The molecule has 26 heavy (non-hydrogen) atoms. The number of carbonyl (C=O) groups is 1. The lowest BCUT2D eigenvalue weighted by Gasteiger charge is -2.26. The first kappa shape index (κ1) is 15.0. The molecule has 0 spiro atoms. The van der Waals surface area contributed by atoms with Crippen molar-refractivity contribution < 1.29 is 26.8 Å². The molecule has 0 fully saturated rings. The Hall–Kier alpha value is -2.13. The molecule has 9 heteroatoms. The van der Waals surface area contributed by atoms with E-state index in [4.69, 9.17) is 13.6 Å². The third-order valence-electron chi connectivity index (χ3n) is 4.08. The highest BCUT2D eigenvalue weighted by molar-refractivity contribution is 7.89. The fraction of sp³-hybridized carbons (Fsp3) is 0.529. The van der Waals surface area contributed by atoms with Gasteiger partial charge in [0.2, 0.25) is 0 Å². The summed E-state index contributed by atoms with van der Waals surface area (Å²) < 4.78 is 58.2. The zero-order valence-electron chi connectivity index (χ0n) is 17.9. The van der Waals surface area contributed by atoms with Gasteiger partial charge in [-0.2, -0.15) is 4.31 Å². The van der Waals surface area contributed by atoms with Crippen molar-refractivity contribution in [1.82, 2.24) is 14.2 Å². The molecule has 1 amide bonds. The lowest BCUT2D eigenvalue weighted by molar-refractivity contribution is 0.0295. The van der Waals surface area contributed by atoms with Crippen LogP contribution in [0, 0.1) is 0 Å². The minimum absolute atomic E-state index is 0.0426. The number of aromatic nitrogens is 1. The van der Waals surface area contributed by atoms with Crippen LogP contribution in [0.1, 0.15) is 24.9 Å². The van der Waals surface area contributed by atoms with Gasteiger partial charge >= 0.3 is 6.09 Å². The molecule has 0 saturated carbocycles. The molecule has 3 rings (SSSR count). The van der Waals surface area contributed by atoms with E-state index in [1.54, 1.807) is 25.7 Å². The second-order valence-electron chi connectivity index (χ2n) is 7.25. The average molecular weight is 384 g/mol. The number of hydrogen-bond donors (Lipinski definition) is 0. The van der Waals surface area contributed by atoms with Crippen molar-refractivity contribution in [3.63, 3.8) is 0 Å². The number of carbonyl (C=O) groups excluding carboxylic acids is 1. The molecule has 2 aliphatic rings. The summed E-state index contributed by atoms with van der Waals surface area (Å²) >= 11 is 0. The molecule has 0 aromatic carbocycles. The van der Waals surface area contributed by atoms with Gasteiger partial charge in [0.1, 0.15) is 11.4 Å². The molecule has 0 unspecified atom stereocenters. The molecule has 1 aromatic rings. The van der Waals surface area contributed by atoms with E-state index in [-0.39, 0.29) is 23.9 Å². The summed E-state index contributed by atoms with van der Waals surface area (Å²) in [6.07, 6.45) is 0.647. The maximum atomic E-state index is 12.8. The Morgan fingerprint density at radius 1 is 1.19 bits per heavy atom. The second-order valence-corrected chi connectivity index (χ2v) is 9.14. The van der Waals surface area contributed by atoms with E-state index < -0.39 is 28.8 Å². The number of nitrogens with zero attached hydrogens (tertiary/aromatic N) is 3. The Morgan fingerprint density at radius 3 is 2.35 bits per heavy atom. The molecule has 2 aliphatic heterocycles. The highest BCUT2D eigenvalue weighted by Crippen LogP contribution is 2.30. The number of hydrogen-bond acceptors (Lipinski definition) is 6. The number of pyridine rings is 1. The van der Waals surface area contributed by atoms with Gasteiger partial charge < -0.3 is 14.4 Å². The summed E-state index contributed by atoms with van der Waals surface area (Å²) in [5, 5.41) is -0.194. The Labute approximate surface area is 157 Å². The number of rotatable bonds is 3. The maximum Gasteiger partial charge on any atom is 0.410 e. The van der Waals surface area contributed by atoms with E-state index in [1.807, 2.05) is 0 Å². The number of ether oxygens (including phenoxy) is 2. The first-order valence-corrected chi connectivity index (χ1v) is 9.51. The molecule has 1 aromatic heterocycles. The predicted molar refractivity (Wildman–Crippen MR) is 94.4 cm³/mol.